The lowest BCUT2D eigenvalue weighted by Crippen LogP contribution is -2.32. The van der Waals surface area contributed by atoms with Crippen LogP contribution in [-0.2, 0) is 9.59 Å². The Balaban J connectivity index is 1.53. The van der Waals surface area contributed by atoms with Crippen LogP contribution in [0.1, 0.15) is 10.4 Å². The Morgan fingerprint density at radius 2 is 1.55 bits per heavy atom. The summed E-state index contributed by atoms with van der Waals surface area (Å²) in [5.41, 5.74) is 0.370. The van der Waals surface area contributed by atoms with Crippen molar-refractivity contribution in [3.05, 3.63) is 95.2 Å². The van der Waals surface area contributed by atoms with Crippen molar-refractivity contribution < 1.29 is 24.2 Å². The van der Waals surface area contributed by atoms with Crippen LogP contribution in [0.2, 0.25) is 0 Å². The molecule has 0 aromatic heterocycles. The molecule has 154 valence electrons. The van der Waals surface area contributed by atoms with Gasteiger partial charge in [0.2, 0.25) is 0 Å². The van der Waals surface area contributed by atoms with Gasteiger partial charge in [-0.15, -0.1) is 0 Å². The molecule has 1 aliphatic heterocycles. The Bertz CT molecular complexity index is 1210. The first-order valence-electron chi connectivity index (χ1n) is 9.14. The lowest BCUT2D eigenvalue weighted by atomic mass is 10.2. The van der Waals surface area contributed by atoms with Crippen LogP contribution in [0, 0.1) is 0 Å². The monoisotopic (exact) mass is 433 g/mol. The van der Waals surface area contributed by atoms with Crippen molar-refractivity contribution in [3.63, 3.8) is 0 Å². The van der Waals surface area contributed by atoms with Crippen LogP contribution in [-0.4, -0.2) is 17.8 Å². The lowest BCUT2D eigenvalue weighted by molar-refractivity contribution is -0.255. The normalized spacial score (nSPS) is 13.5. The Morgan fingerprint density at radius 3 is 2.23 bits per heavy atom. The molecule has 0 bridgehead atoms. The molecule has 0 unspecified atom stereocenters. The minimum absolute atomic E-state index is 0.0793. The van der Waals surface area contributed by atoms with Crippen molar-refractivity contribution in [2.75, 3.05) is 10.2 Å². The molecule has 3 aromatic carbocycles. The summed E-state index contributed by atoms with van der Waals surface area (Å²) in [7, 11) is 0. The van der Waals surface area contributed by atoms with Gasteiger partial charge in [-0.25, -0.2) is 4.90 Å². The Morgan fingerprint density at radius 1 is 0.871 bits per heavy atom. The Hall–Kier alpha value is -4.10. The number of rotatable bonds is 6. The molecule has 4 rings (SSSR count). The molecular formula is C23H14ClN2O5-. The smallest absolute Gasteiger partial charge is 0.283 e. The van der Waals surface area contributed by atoms with Gasteiger partial charge in [0, 0.05) is 5.69 Å². The maximum atomic E-state index is 12.9. The summed E-state index contributed by atoms with van der Waals surface area (Å²) in [6.45, 7) is 0. The number of amides is 2. The molecule has 0 saturated heterocycles. The molecule has 1 aliphatic rings. The number of aromatic carboxylic acids is 1. The quantitative estimate of drug-likeness (QED) is 0.599. The van der Waals surface area contributed by atoms with Crippen LogP contribution in [0.3, 0.4) is 0 Å². The fourth-order valence-electron chi connectivity index (χ4n) is 3.00. The Kier molecular flexibility index (Phi) is 5.43. The van der Waals surface area contributed by atoms with Gasteiger partial charge in [-0.05, 0) is 54.1 Å². The van der Waals surface area contributed by atoms with E-state index in [1.165, 1.54) is 18.2 Å². The molecule has 0 fully saturated rings. The lowest BCUT2D eigenvalue weighted by Gasteiger charge is -2.16. The average molecular weight is 434 g/mol. The third-order valence-electron chi connectivity index (χ3n) is 4.47. The number of carbonyl (C=O) groups is 3. The highest BCUT2D eigenvalue weighted by Gasteiger charge is 2.39. The summed E-state index contributed by atoms with van der Waals surface area (Å²) >= 11 is 6.11. The summed E-state index contributed by atoms with van der Waals surface area (Å²) in [6, 6.07) is 21.2. The van der Waals surface area contributed by atoms with Crippen molar-refractivity contribution in [3.8, 4) is 11.5 Å². The standard InChI is InChI=1S/C23H15ClN2O5/c24-19-20(25-15-6-4-5-14(13-15)23(29)30)22(28)26(21(19)27)16-9-11-18(12-10-16)31-17-7-2-1-3-8-17/h1-13,25H,(H,29,30)/p-1. The third-order valence-corrected chi connectivity index (χ3v) is 4.82. The first-order valence-corrected chi connectivity index (χ1v) is 9.52. The van der Waals surface area contributed by atoms with Gasteiger partial charge in [0.15, 0.2) is 0 Å². The molecule has 1 N–H and O–H groups in total. The molecule has 0 radical (unpaired) electrons. The summed E-state index contributed by atoms with van der Waals surface area (Å²) < 4.78 is 5.71. The van der Waals surface area contributed by atoms with Crippen molar-refractivity contribution in [1.82, 2.24) is 0 Å². The first-order chi connectivity index (χ1) is 14.9. The minimum Gasteiger partial charge on any atom is -0.545 e. The van der Waals surface area contributed by atoms with Gasteiger partial charge in [0.25, 0.3) is 11.8 Å². The summed E-state index contributed by atoms with van der Waals surface area (Å²) in [5, 5.41) is 13.5. The van der Waals surface area contributed by atoms with Gasteiger partial charge in [0.05, 0.1) is 11.7 Å². The number of para-hydroxylation sites is 1. The second-order valence-corrected chi connectivity index (χ2v) is 6.91. The number of hydrogen-bond donors (Lipinski definition) is 1. The number of anilines is 2. The third kappa shape index (κ3) is 4.12. The highest BCUT2D eigenvalue weighted by atomic mass is 35.5. The van der Waals surface area contributed by atoms with Crippen LogP contribution in [0.5, 0.6) is 11.5 Å². The van der Waals surface area contributed by atoms with Crippen molar-refractivity contribution in [2.45, 2.75) is 0 Å². The van der Waals surface area contributed by atoms with Crippen LogP contribution in [0.4, 0.5) is 11.4 Å². The fourth-order valence-corrected chi connectivity index (χ4v) is 3.21. The summed E-state index contributed by atoms with van der Waals surface area (Å²) in [5.74, 6) is -1.53. The van der Waals surface area contributed by atoms with Crippen LogP contribution < -0.4 is 20.1 Å². The van der Waals surface area contributed by atoms with Gasteiger partial charge >= 0.3 is 0 Å². The fraction of sp³-hybridized carbons (Fsp3) is 0. The minimum atomic E-state index is -1.36. The van der Waals surface area contributed by atoms with E-state index < -0.39 is 17.8 Å². The largest absolute Gasteiger partial charge is 0.545 e. The molecule has 2 amide bonds. The zero-order valence-electron chi connectivity index (χ0n) is 15.9. The van der Waals surface area contributed by atoms with Crippen molar-refractivity contribution in [2.24, 2.45) is 0 Å². The van der Waals surface area contributed by atoms with Gasteiger partial charge in [-0.3, -0.25) is 9.59 Å². The van der Waals surface area contributed by atoms with Gasteiger partial charge in [-0.2, -0.15) is 0 Å². The van der Waals surface area contributed by atoms with Crippen LogP contribution >= 0.6 is 11.6 Å². The number of carboxylic acids is 1. The second-order valence-electron chi connectivity index (χ2n) is 6.54. The number of carbonyl (C=O) groups excluding carboxylic acids is 3. The number of benzene rings is 3. The number of hydrogen-bond acceptors (Lipinski definition) is 6. The van der Waals surface area contributed by atoms with Crippen molar-refractivity contribution >= 4 is 40.8 Å². The van der Waals surface area contributed by atoms with E-state index in [1.54, 1.807) is 42.5 Å². The number of carboxylic acid groups (broad SMARTS) is 1. The SMILES string of the molecule is O=C([O-])c1cccc(NC2=C(Cl)C(=O)N(c3ccc(Oc4ccccc4)cc3)C2=O)c1. The molecule has 31 heavy (non-hydrogen) atoms. The second kappa shape index (κ2) is 8.33. The van der Waals surface area contributed by atoms with E-state index >= 15 is 0 Å². The first kappa shape index (κ1) is 20.2. The topological polar surface area (TPSA) is 98.8 Å². The molecule has 8 heteroatoms. The molecule has 0 spiro atoms. The predicted molar refractivity (Wildman–Crippen MR) is 113 cm³/mol. The van der Waals surface area contributed by atoms with E-state index in [1.807, 2.05) is 18.2 Å². The molecule has 7 nitrogen and oxygen atoms in total. The van der Waals surface area contributed by atoms with Crippen LogP contribution in [0.15, 0.2) is 89.6 Å². The highest BCUT2D eigenvalue weighted by molar-refractivity contribution is 6.53. The van der Waals surface area contributed by atoms with E-state index in [0.29, 0.717) is 17.2 Å². The molecule has 0 aliphatic carbocycles. The highest BCUT2D eigenvalue weighted by Crippen LogP contribution is 2.32. The van der Waals surface area contributed by atoms with Crippen LogP contribution in [0.25, 0.3) is 0 Å². The van der Waals surface area contributed by atoms with E-state index in [4.69, 9.17) is 16.3 Å². The van der Waals surface area contributed by atoms with E-state index in [0.717, 1.165) is 4.90 Å². The number of halogens is 1. The summed E-state index contributed by atoms with van der Waals surface area (Å²) in [4.78, 5) is 37.4. The van der Waals surface area contributed by atoms with E-state index in [2.05, 4.69) is 5.32 Å². The summed E-state index contributed by atoms with van der Waals surface area (Å²) in [6.07, 6.45) is 0. The van der Waals surface area contributed by atoms with E-state index in [9.17, 15) is 19.5 Å². The van der Waals surface area contributed by atoms with Gasteiger partial charge in [-0.1, -0.05) is 41.9 Å². The number of ether oxygens (including phenoxy) is 1. The molecule has 0 atom stereocenters. The Labute approximate surface area is 182 Å². The molecule has 3 aromatic rings. The van der Waals surface area contributed by atoms with Crippen molar-refractivity contribution in [1.29, 1.82) is 0 Å². The maximum absolute atomic E-state index is 12.9. The zero-order chi connectivity index (χ0) is 22.0. The van der Waals surface area contributed by atoms with Gasteiger partial charge < -0.3 is 20.0 Å². The predicted octanol–water partition coefficient (Wildman–Crippen LogP) is 3.28. The van der Waals surface area contributed by atoms with E-state index in [-0.39, 0.29) is 22.0 Å². The molecular weight excluding hydrogens is 420 g/mol. The number of imide groups is 1. The molecule has 1 heterocycles. The number of nitrogens with zero attached hydrogens (tertiary/aromatic N) is 1. The number of nitrogens with one attached hydrogen (secondary N) is 1. The zero-order valence-corrected chi connectivity index (χ0v) is 16.6. The average Bonchev–Trinajstić information content (AvgIpc) is 2.98. The van der Waals surface area contributed by atoms with Gasteiger partial charge in [0.1, 0.15) is 22.2 Å². The molecule has 0 saturated carbocycles. The maximum Gasteiger partial charge on any atom is 0.283 e.